The highest BCUT2D eigenvalue weighted by molar-refractivity contribution is 5.75. The Hall–Kier alpha value is -3.28. The van der Waals surface area contributed by atoms with Crippen molar-refractivity contribution >= 4 is 16.9 Å². The first-order chi connectivity index (χ1) is 14.6. The first-order valence-electron chi connectivity index (χ1n) is 10.4. The van der Waals surface area contributed by atoms with E-state index < -0.39 is 10.2 Å². The predicted molar refractivity (Wildman–Crippen MR) is 119 cm³/mol. The van der Waals surface area contributed by atoms with Crippen LogP contribution in [0.4, 0.5) is 5.82 Å². The van der Waals surface area contributed by atoms with Crippen molar-refractivity contribution in [3.8, 4) is 6.07 Å². The fraction of sp³-hybridized carbons (Fsp3) is 0.391. The second-order valence-corrected chi connectivity index (χ2v) is 8.85. The number of hydrogen-bond donors (Lipinski definition) is 1. The molecular weight excluding hydrogens is 392 g/mol. The Labute approximate surface area is 181 Å². The highest BCUT2D eigenvalue weighted by Gasteiger charge is 2.44. The van der Waals surface area contributed by atoms with Crippen molar-refractivity contribution in [3.63, 3.8) is 0 Å². The lowest BCUT2D eigenvalue weighted by molar-refractivity contribution is -0.938. The van der Waals surface area contributed by atoms with E-state index in [2.05, 4.69) is 25.9 Å². The molecule has 3 aromatic rings. The molecule has 1 saturated heterocycles. The van der Waals surface area contributed by atoms with Gasteiger partial charge in [-0.05, 0) is 52.0 Å². The van der Waals surface area contributed by atoms with Crippen LogP contribution < -0.4 is 10.5 Å². The summed E-state index contributed by atoms with van der Waals surface area (Å²) in [5, 5.41) is 23.0. The molecule has 0 spiro atoms. The SMILES string of the molecule is Cc1cc2ncc(C(C)(C)[N+]3([O-])CCN(c4ccc(C#N)cn4)[C@H](C)C3)cc2[nH]c1=O. The van der Waals surface area contributed by atoms with Crippen molar-refractivity contribution < 1.29 is 4.65 Å². The number of fused-ring (bicyclic) bond motifs is 1. The van der Waals surface area contributed by atoms with E-state index in [1.165, 1.54) is 0 Å². The molecular formula is C23H26N6O2. The topological polar surface area (TPSA) is 109 Å². The zero-order valence-electron chi connectivity index (χ0n) is 18.2. The summed E-state index contributed by atoms with van der Waals surface area (Å²) in [6, 6.07) is 9.26. The van der Waals surface area contributed by atoms with Gasteiger partial charge < -0.3 is 19.7 Å². The zero-order chi connectivity index (χ0) is 22.4. The van der Waals surface area contributed by atoms with Gasteiger partial charge in [0.15, 0.2) is 0 Å². The minimum atomic E-state index is -0.749. The first-order valence-corrected chi connectivity index (χ1v) is 10.4. The van der Waals surface area contributed by atoms with Crippen LogP contribution in [0.5, 0.6) is 0 Å². The lowest BCUT2D eigenvalue weighted by atomic mass is 9.90. The van der Waals surface area contributed by atoms with Gasteiger partial charge in [-0.1, -0.05) is 0 Å². The van der Waals surface area contributed by atoms with Crippen LogP contribution in [-0.4, -0.2) is 45.3 Å². The molecule has 0 bridgehead atoms. The Morgan fingerprint density at radius 1 is 1.29 bits per heavy atom. The van der Waals surface area contributed by atoms with Crippen molar-refractivity contribution in [3.05, 3.63) is 68.9 Å². The second kappa shape index (κ2) is 7.45. The number of nitrogens with zero attached hydrogens (tertiary/aromatic N) is 5. The summed E-state index contributed by atoms with van der Waals surface area (Å²) in [5.74, 6) is 0.774. The number of rotatable bonds is 3. The molecule has 1 unspecified atom stereocenters. The lowest BCUT2D eigenvalue weighted by Crippen LogP contribution is -2.66. The quantitative estimate of drug-likeness (QED) is 0.517. The van der Waals surface area contributed by atoms with Gasteiger partial charge in [-0.25, -0.2) is 4.98 Å². The summed E-state index contributed by atoms with van der Waals surface area (Å²) >= 11 is 0. The molecule has 1 aliphatic heterocycles. The van der Waals surface area contributed by atoms with Gasteiger partial charge in [-0.15, -0.1) is 0 Å². The highest BCUT2D eigenvalue weighted by Crippen LogP contribution is 2.38. The molecule has 31 heavy (non-hydrogen) atoms. The number of anilines is 1. The largest absolute Gasteiger partial charge is 0.632 e. The maximum Gasteiger partial charge on any atom is 0.251 e. The first kappa shape index (κ1) is 21.0. The molecule has 0 amide bonds. The Bertz CT molecular complexity index is 1230. The molecule has 1 N–H and O–H groups in total. The smallest absolute Gasteiger partial charge is 0.251 e. The van der Waals surface area contributed by atoms with Gasteiger partial charge in [0.2, 0.25) is 0 Å². The molecule has 2 atom stereocenters. The summed E-state index contributed by atoms with van der Waals surface area (Å²) < 4.78 is -0.399. The number of quaternary nitrogens is 1. The maximum absolute atomic E-state index is 14.0. The van der Waals surface area contributed by atoms with Crippen LogP contribution in [0.1, 0.15) is 37.5 Å². The van der Waals surface area contributed by atoms with Crippen molar-refractivity contribution in [2.24, 2.45) is 0 Å². The molecule has 0 aliphatic carbocycles. The van der Waals surface area contributed by atoms with Crippen molar-refractivity contribution in [1.29, 1.82) is 5.26 Å². The van der Waals surface area contributed by atoms with Gasteiger partial charge in [0.05, 0.1) is 42.3 Å². The van der Waals surface area contributed by atoms with E-state index in [1.54, 1.807) is 31.5 Å². The number of hydroxylamine groups is 3. The number of piperazine rings is 1. The standard InChI is InChI=1S/C23H26N6O2/c1-15-9-19-20(27-22(15)30)10-18(13-25-19)23(3,4)29(31)8-7-28(16(2)14-29)21-6-5-17(11-24)12-26-21/h5-6,9-10,12-13,16H,7-8,14H2,1-4H3,(H,27,30)/t16-,29?/m1/s1. The Morgan fingerprint density at radius 2 is 2.06 bits per heavy atom. The molecule has 4 rings (SSSR count). The van der Waals surface area contributed by atoms with Gasteiger partial charge in [-0.2, -0.15) is 5.26 Å². The molecule has 3 aromatic heterocycles. The average molecular weight is 419 g/mol. The lowest BCUT2D eigenvalue weighted by Gasteiger charge is -2.59. The van der Waals surface area contributed by atoms with Crippen LogP contribution >= 0.6 is 0 Å². The molecule has 4 heterocycles. The Balaban J connectivity index is 1.62. The number of aromatic amines is 1. The van der Waals surface area contributed by atoms with Gasteiger partial charge in [0.25, 0.3) is 5.56 Å². The van der Waals surface area contributed by atoms with Gasteiger partial charge in [0, 0.05) is 23.5 Å². The van der Waals surface area contributed by atoms with E-state index in [9.17, 15) is 10.0 Å². The fourth-order valence-electron chi connectivity index (χ4n) is 4.33. The number of aromatic nitrogens is 3. The number of pyridine rings is 3. The summed E-state index contributed by atoms with van der Waals surface area (Å²) in [7, 11) is 0. The third kappa shape index (κ3) is 3.56. The molecule has 1 aliphatic rings. The molecule has 160 valence electrons. The number of hydrogen-bond acceptors (Lipinski definition) is 6. The van der Waals surface area contributed by atoms with Crippen molar-refractivity contribution in [2.75, 3.05) is 24.5 Å². The number of nitriles is 1. The molecule has 8 heteroatoms. The van der Waals surface area contributed by atoms with Crippen LogP contribution in [0.3, 0.4) is 0 Å². The molecule has 8 nitrogen and oxygen atoms in total. The molecule has 0 aromatic carbocycles. The normalized spacial score (nSPS) is 21.8. The summed E-state index contributed by atoms with van der Waals surface area (Å²) in [4.78, 5) is 25.9. The zero-order valence-corrected chi connectivity index (χ0v) is 18.2. The van der Waals surface area contributed by atoms with Crippen molar-refractivity contribution in [1.82, 2.24) is 15.0 Å². The van der Waals surface area contributed by atoms with E-state index in [4.69, 9.17) is 5.26 Å². The van der Waals surface area contributed by atoms with Crippen LogP contribution in [0.2, 0.25) is 0 Å². The number of aryl methyl sites for hydroxylation is 1. The molecule has 1 fully saturated rings. The van der Waals surface area contributed by atoms with Gasteiger partial charge in [0.1, 0.15) is 17.4 Å². The number of nitrogens with one attached hydrogen (secondary N) is 1. The van der Waals surface area contributed by atoms with Gasteiger partial charge >= 0.3 is 0 Å². The molecule has 0 radical (unpaired) electrons. The number of H-pyrrole nitrogens is 1. The van der Waals surface area contributed by atoms with Crippen LogP contribution in [0.15, 0.2) is 41.5 Å². The summed E-state index contributed by atoms with van der Waals surface area (Å²) in [5.41, 5.74) is 2.38. The van der Waals surface area contributed by atoms with E-state index in [1.807, 2.05) is 32.9 Å². The van der Waals surface area contributed by atoms with E-state index in [0.29, 0.717) is 41.8 Å². The maximum atomic E-state index is 14.0. The third-order valence-electron chi connectivity index (χ3n) is 6.57. The monoisotopic (exact) mass is 418 g/mol. The van der Waals surface area contributed by atoms with Crippen LogP contribution in [0, 0.1) is 23.5 Å². The molecule has 0 saturated carbocycles. The van der Waals surface area contributed by atoms with E-state index in [-0.39, 0.29) is 11.6 Å². The Kier molecular flexibility index (Phi) is 5.04. The average Bonchev–Trinajstić information content (AvgIpc) is 2.74. The van der Waals surface area contributed by atoms with E-state index >= 15 is 0 Å². The second-order valence-electron chi connectivity index (χ2n) is 8.85. The summed E-state index contributed by atoms with van der Waals surface area (Å²) in [6.45, 7) is 9.00. The fourth-order valence-corrected chi connectivity index (χ4v) is 4.33. The third-order valence-corrected chi connectivity index (χ3v) is 6.57. The van der Waals surface area contributed by atoms with Crippen molar-refractivity contribution in [2.45, 2.75) is 39.3 Å². The van der Waals surface area contributed by atoms with Crippen LogP contribution in [-0.2, 0) is 5.54 Å². The predicted octanol–water partition coefficient (Wildman–Crippen LogP) is 2.96. The highest BCUT2D eigenvalue weighted by atomic mass is 16.6. The van der Waals surface area contributed by atoms with E-state index in [0.717, 1.165) is 11.4 Å². The minimum Gasteiger partial charge on any atom is -0.632 e. The van der Waals surface area contributed by atoms with Crippen LogP contribution in [0.25, 0.3) is 11.0 Å². The van der Waals surface area contributed by atoms with Gasteiger partial charge in [-0.3, -0.25) is 9.78 Å². The summed E-state index contributed by atoms with van der Waals surface area (Å²) in [6.07, 6.45) is 3.31. The Morgan fingerprint density at radius 3 is 2.71 bits per heavy atom. The minimum absolute atomic E-state index is 0.0261.